The Balaban J connectivity index is 0.000000257. The zero-order valence-electron chi connectivity index (χ0n) is 17.8. The minimum absolute atomic E-state index is 0.0287. The van der Waals surface area contributed by atoms with E-state index in [2.05, 4.69) is 4.84 Å². The molecule has 1 heterocycles. The number of aliphatic carboxylic acids is 1. The van der Waals surface area contributed by atoms with Crippen molar-refractivity contribution in [2.45, 2.75) is 38.5 Å². The zero-order valence-corrected chi connectivity index (χ0v) is 17.8. The van der Waals surface area contributed by atoms with E-state index in [0.717, 1.165) is 0 Å². The van der Waals surface area contributed by atoms with Crippen molar-refractivity contribution in [3.05, 3.63) is 71.8 Å². The number of carboxylic acids is 1. The second-order valence-corrected chi connectivity index (χ2v) is 7.02. The van der Waals surface area contributed by atoms with Crippen LogP contribution in [-0.4, -0.2) is 45.5 Å². The highest BCUT2D eigenvalue weighted by atomic mass is 16.7. The number of hydrogen-bond donors (Lipinski definition) is 1. The molecule has 0 radical (unpaired) electrons. The molecule has 1 fully saturated rings. The number of benzene rings is 2. The van der Waals surface area contributed by atoms with Gasteiger partial charge in [0.05, 0.1) is 12.8 Å². The number of carboxylic acid groups (broad SMARTS) is 1. The quantitative estimate of drug-likeness (QED) is 0.452. The number of hydrogen-bond acceptors (Lipinski definition) is 7. The lowest BCUT2D eigenvalue weighted by atomic mass is 10.1. The predicted molar refractivity (Wildman–Crippen MR) is 115 cm³/mol. The molecule has 3 rings (SSSR count). The number of carbonyl (C=O) groups is 6. The first-order valence-electron chi connectivity index (χ1n) is 10.2. The highest BCUT2D eigenvalue weighted by Gasteiger charge is 2.32. The van der Waals surface area contributed by atoms with Crippen molar-refractivity contribution in [2.75, 3.05) is 0 Å². The van der Waals surface area contributed by atoms with Gasteiger partial charge in [-0.2, -0.15) is 0 Å². The van der Waals surface area contributed by atoms with Crippen LogP contribution in [0.25, 0.3) is 0 Å². The van der Waals surface area contributed by atoms with Crippen molar-refractivity contribution in [1.29, 1.82) is 0 Å². The van der Waals surface area contributed by atoms with E-state index in [1.54, 1.807) is 54.6 Å². The molecule has 0 bridgehead atoms. The normalized spacial score (nSPS) is 12.5. The van der Waals surface area contributed by atoms with Crippen LogP contribution >= 0.6 is 0 Å². The van der Waals surface area contributed by atoms with E-state index >= 15 is 0 Å². The number of imide groups is 1. The fraction of sp³-hybridized carbons (Fsp3) is 0.250. The monoisotopic (exact) mass is 453 g/mol. The number of hydroxylamine groups is 2. The van der Waals surface area contributed by atoms with Gasteiger partial charge in [-0.05, 0) is 0 Å². The third kappa shape index (κ3) is 8.48. The molecular formula is C24H23NO8. The smallest absolute Gasteiger partial charge is 0.333 e. The number of Topliss-reactive ketones (excluding diaryl/α,β-unsaturated/α-hetero) is 2. The molecule has 9 nitrogen and oxygen atoms in total. The maximum absolute atomic E-state index is 11.8. The molecular weight excluding hydrogens is 430 g/mol. The Labute approximate surface area is 189 Å². The first kappa shape index (κ1) is 25.1. The summed E-state index contributed by atoms with van der Waals surface area (Å²) in [6.07, 6.45) is -0.138. The van der Waals surface area contributed by atoms with Gasteiger partial charge in [0.2, 0.25) is 0 Å². The largest absolute Gasteiger partial charge is 0.481 e. The molecule has 1 N–H and O–H groups in total. The van der Waals surface area contributed by atoms with Gasteiger partial charge in [-0.25, -0.2) is 4.79 Å². The minimum Gasteiger partial charge on any atom is -0.481 e. The number of nitrogens with zero attached hydrogens (tertiary/aromatic N) is 1. The van der Waals surface area contributed by atoms with Crippen LogP contribution < -0.4 is 0 Å². The number of ketones is 2. The number of carbonyl (C=O) groups excluding carboxylic acids is 5. The summed E-state index contributed by atoms with van der Waals surface area (Å²) in [7, 11) is 0. The fourth-order valence-electron chi connectivity index (χ4n) is 2.78. The summed E-state index contributed by atoms with van der Waals surface area (Å²) in [4.78, 5) is 71.9. The van der Waals surface area contributed by atoms with Crippen LogP contribution in [0.3, 0.4) is 0 Å². The summed E-state index contributed by atoms with van der Waals surface area (Å²) >= 11 is 0. The van der Waals surface area contributed by atoms with Crippen molar-refractivity contribution in [1.82, 2.24) is 5.06 Å². The molecule has 1 aliphatic heterocycles. The van der Waals surface area contributed by atoms with Gasteiger partial charge in [-0.1, -0.05) is 60.7 Å². The first-order valence-corrected chi connectivity index (χ1v) is 10.2. The highest BCUT2D eigenvalue weighted by Crippen LogP contribution is 2.13. The Hall–Kier alpha value is -4.14. The summed E-state index contributed by atoms with van der Waals surface area (Å²) in [6, 6.07) is 17.3. The molecule has 172 valence electrons. The van der Waals surface area contributed by atoms with Crippen molar-refractivity contribution in [2.24, 2.45) is 0 Å². The van der Waals surface area contributed by atoms with Crippen LogP contribution in [0.15, 0.2) is 60.7 Å². The Bertz CT molecular complexity index is 1000. The molecule has 2 aromatic rings. The standard InChI is InChI=1S/C14H13NO5.C10H10O3/c16-11(10-4-2-1-3-5-10)6-9-14(19)20-15-12(17)7-8-13(15)18;11-9(6-7-10(12)13)8-4-2-1-3-5-8/h1-5H,6-9H2;1-5H,6-7H2,(H,12,13). The second-order valence-electron chi connectivity index (χ2n) is 7.02. The third-order valence-corrected chi connectivity index (χ3v) is 4.51. The number of rotatable bonds is 9. The Morgan fingerprint density at radius 2 is 1.12 bits per heavy atom. The molecule has 2 amide bonds. The summed E-state index contributed by atoms with van der Waals surface area (Å²) in [5.41, 5.74) is 1.08. The molecule has 0 spiro atoms. The highest BCUT2D eigenvalue weighted by molar-refractivity contribution is 6.02. The molecule has 0 atom stereocenters. The number of amides is 2. The topological polar surface area (TPSA) is 135 Å². The van der Waals surface area contributed by atoms with Gasteiger partial charge >= 0.3 is 11.9 Å². The Morgan fingerprint density at radius 3 is 1.55 bits per heavy atom. The van der Waals surface area contributed by atoms with Gasteiger partial charge in [-0.15, -0.1) is 5.06 Å². The molecule has 0 saturated carbocycles. The first-order chi connectivity index (χ1) is 15.8. The summed E-state index contributed by atoms with van der Waals surface area (Å²) in [5.74, 6) is -3.08. The van der Waals surface area contributed by atoms with Crippen LogP contribution in [0.2, 0.25) is 0 Å². The van der Waals surface area contributed by atoms with Crippen molar-refractivity contribution in [3.63, 3.8) is 0 Å². The van der Waals surface area contributed by atoms with E-state index in [-0.39, 0.29) is 50.1 Å². The van der Waals surface area contributed by atoms with E-state index in [9.17, 15) is 28.8 Å². The van der Waals surface area contributed by atoms with Gasteiger partial charge in [0.1, 0.15) is 0 Å². The molecule has 1 aliphatic rings. The fourth-order valence-corrected chi connectivity index (χ4v) is 2.78. The minimum atomic E-state index is -0.940. The van der Waals surface area contributed by atoms with Crippen LogP contribution in [0.5, 0.6) is 0 Å². The maximum atomic E-state index is 11.8. The average Bonchev–Trinajstić information content (AvgIpc) is 3.14. The van der Waals surface area contributed by atoms with Gasteiger partial charge in [-0.3, -0.25) is 24.0 Å². The van der Waals surface area contributed by atoms with Crippen LogP contribution in [0.4, 0.5) is 0 Å². The molecule has 0 aromatic heterocycles. The van der Waals surface area contributed by atoms with Crippen LogP contribution in [0, 0.1) is 0 Å². The van der Waals surface area contributed by atoms with E-state index in [1.807, 2.05) is 6.07 Å². The van der Waals surface area contributed by atoms with E-state index in [0.29, 0.717) is 16.2 Å². The maximum Gasteiger partial charge on any atom is 0.333 e. The van der Waals surface area contributed by atoms with E-state index < -0.39 is 23.8 Å². The molecule has 33 heavy (non-hydrogen) atoms. The predicted octanol–water partition coefficient (Wildman–Crippen LogP) is 2.99. The zero-order chi connectivity index (χ0) is 24.2. The lowest BCUT2D eigenvalue weighted by molar-refractivity contribution is -0.197. The van der Waals surface area contributed by atoms with Crippen LogP contribution in [-0.2, 0) is 24.0 Å². The van der Waals surface area contributed by atoms with E-state index in [1.165, 1.54) is 0 Å². The molecule has 0 aliphatic carbocycles. The average molecular weight is 453 g/mol. The Kier molecular flexibility index (Phi) is 9.63. The third-order valence-electron chi connectivity index (χ3n) is 4.51. The second kappa shape index (κ2) is 12.7. The van der Waals surface area contributed by atoms with Crippen molar-refractivity contribution in [3.8, 4) is 0 Å². The van der Waals surface area contributed by atoms with E-state index in [4.69, 9.17) is 5.11 Å². The Morgan fingerprint density at radius 1 is 0.697 bits per heavy atom. The molecule has 2 aromatic carbocycles. The van der Waals surface area contributed by atoms with Gasteiger partial charge in [0.15, 0.2) is 11.6 Å². The molecule has 0 unspecified atom stereocenters. The van der Waals surface area contributed by atoms with Gasteiger partial charge < -0.3 is 9.94 Å². The lowest BCUT2D eigenvalue weighted by Gasteiger charge is -2.12. The lowest BCUT2D eigenvalue weighted by Crippen LogP contribution is -2.32. The van der Waals surface area contributed by atoms with Gasteiger partial charge in [0.25, 0.3) is 11.8 Å². The van der Waals surface area contributed by atoms with Gasteiger partial charge in [0, 0.05) is 36.8 Å². The molecule has 1 saturated heterocycles. The summed E-state index contributed by atoms with van der Waals surface area (Å²) in [6.45, 7) is 0. The SMILES string of the molecule is O=C(CCC(=O)c1ccccc1)ON1C(=O)CCC1=O.O=C(O)CCC(=O)c1ccccc1. The summed E-state index contributed by atoms with van der Waals surface area (Å²) < 4.78 is 0. The molecule has 9 heteroatoms. The van der Waals surface area contributed by atoms with Crippen molar-refractivity contribution < 1.29 is 38.7 Å². The summed E-state index contributed by atoms with van der Waals surface area (Å²) in [5, 5.41) is 8.84. The van der Waals surface area contributed by atoms with Crippen LogP contribution in [0.1, 0.15) is 59.2 Å². The van der Waals surface area contributed by atoms with Crippen molar-refractivity contribution >= 4 is 35.3 Å².